The van der Waals surface area contributed by atoms with E-state index in [-0.39, 0.29) is 90.0 Å². The van der Waals surface area contributed by atoms with Gasteiger partial charge in [-0.1, -0.05) is 107 Å². The van der Waals surface area contributed by atoms with E-state index in [4.69, 9.17) is 9.47 Å². The fraction of sp³-hybridized carbons (Fsp3) is 0.843. The molecular weight excluding hydrogens is 1220 g/mol. The molecule has 4 saturated heterocycles. The second-order valence-corrected chi connectivity index (χ2v) is 39.7. The van der Waals surface area contributed by atoms with E-state index in [0.717, 1.165) is 151 Å². The zero-order valence-electron chi connectivity index (χ0n) is 70.6. The molecule has 99 heavy (non-hydrogen) atoms. The number of aromatic hydroxyl groups is 2. The van der Waals surface area contributed by atoms with Crippen LogP contribution in [0.2, 0.25) is 0 Å². The maximum atomic E-state index is 14.0. The van der Waals surface area contributed by atoms with Gasteiger partial charge >= 0.3 is 11.9 Å². The number of piperidine rings is 4. The molecule has 4 heterocycles. The maximum Gasteiger partial charge on any atom is 0.317 e. The topological polar surface area (TPSA) is 106 Å². The van der Waals surface area contributed by atoms with Crippen LogP contribution in [0, 0.1) is 23.7 Å². The number of carbonyl (C=O) groups is 2. The molecule has 0 spiro atoms. The molecule has 10 heteroatoms. The van der Waals surface area contributed by atoms with Gasteiger partial charge in [0.05, 0.1) is 13.2 Å². The van der Waals surface area contributed by atoms with E-state index >= 15 is 0 Å². The number of phenols is 2. The molecule has 4 aliphatic rings. The third-order valence-corrected chi connectivity index (χ3v) is 31.1. The maximum absolute atomic E-state index is 14.0. The third-order valence-electron chi connectivity index (χ3n) is 31.1. The van der Waals surface area contributed by atoms with Gasteiger partial charge in [-0.15, -0.1) is 0 Å². The Labute approximate surface area is 610 Å². The lowest BCUT2D eigenvalue weighted by Gasteiger charge is -2.63. The van der Waals surface area contributed by atoms with Gasteiger partial charge in [-0.3, -0.25) is 29.2 Å². The number of benzene rings is 2. The average molecular weight is 1380 g/mol. The molecule has 10 nitrogen and oxygen atoms in total. The van der Waals surface area contributed by atoms with Crippen LogP contribution >= 0.6 is 0 Å². The first-order chi connectivity index (χ1) is 45.3. The summed E-state index contributed by atoms with van der Waals surface area (Å²) in [4.78, 5) is 38.5. The van der Waals surface area contributed by atoms with Crippen LogP contribution in [0.1, 0.15) is 375 Å². The van der Waals surface area contributed by atoms with Gasteiger partial charge in [-0.25, -0.2) is 0 Å². The molecule has 0 atom stereocenters. The van der Waals surface area contributed by atoms with Crippen LogP contribution < -0.4 is 0 Å². The molecule has 0 bridgehead atoms. The molecule has 0 amide bonds. The van der Waals surface area contributed by atoms with Crippen molar-refractivity contribution in [3.05, 3.63) is 57.6 Å². The Kier molecular flexibility index (Phi) is 26.0. The van der Waals surface area contributed by atoms with Crippen LogP contribution in [0.3, 0.4) is 0 Å². The summed E-state index contributed by atoms with van der Waals surface area (Å²) in [7, 11) is 9.32. The second-order valence-electron chi connectivity index (χ2n) is 39.7. The van der Waals surface area contributed by atoms with Crippen LogP contribution in [0.4, 0.5) is 0 Å². The zero-order chi connectivity index (χ0) is 75.3. The van der Waals surface area contributed by atoms with Gasteiger partial charge < -0.3 is 19.7 Å². The summed E-state index contributed by atoms with van der Waals surface area (Å²) < 4.78 is 12.2. The van der Waals surface area contributed by atoms with Crippen LogP contribution in [0.25, 0.3) is 0 Å². The average Bonchev–Trinajstić information content (AvgIpc) is 0.714. The Morgan fingerprint density at radius 1 is 0.364 bits per heavy atom. The van der Waals surface area contributed by atoms with E-state index in [1.165, 1.54) is 11.1 Å². The van der Waals surface area contributed by atoms with Crippen LogP contribution in [-0.2, 0) is 51.6 Å². The predicted molar refractivity (Wildman–Crippen MR) is 420 cm³/mol. The van der Waals surface area contributed by atoms with Crippen molar-refractivity contribution in [1.82, 2.24) is 19.6 Å². The Morgan fingerprint density at radius 3 is 0.717 bits per heavy atom. The van der Waals surface area contributed by atoms with Gasteiger partial charge in [0.1, 0.15) is 17.9 Å². The minimum atomic E-state index is -0.524. The number of likely N-dealkylation sites (tertiary alicyclic amines) is 4. The Bertz CT molecular complexity index is 2620. The normalized spacial score (nSPS) is 22.4. The van der Waals surface area contributed by atoms with Crippen molar-refractivity contribution in [2.24, 2.45) is 23.7 Å². The van der Waals surface area contributed by atoms with Gasteiger partial charge in [-0.2, -0.15) is 0 Å². The lowest BCUT2D eigenvalue weighted by molar-refractivity contribution is -0.154. The van der Waals surface area contributed by atoms with E-state index < -0.39 is 18.4 Å². The Hall–Kier alpha value is -3.18. The number of phenolic OH excluding ortho intramolecular Hbond substituents is 2. The molecule has 2 aromatic carbocycles. The van der Waals surface area contributed by atoms with Crippen molar-refractivity contribution in [2.75, 3.05) is 41.4 Å². The highest BCUT2D eigenvalue weighted by Crippen LogP contribution is 2.63. The minimum absolute atomic E-state index is 0.0732. The number of esters is 2. The van der Waals surface area contributed by atoms with Gasteiger partial charge in [0.2, 0.25) is 0 Å². The lowest BCUT2D eigenvalue weighted by Crippen LogP contribution is -2.65. The van der Waals surface area contributed by atoms with E-state index in [9.17, 15) is 19.8 Å². The zero-order valence-corrected chi connectivity index (χ0v) is 70.6. The van der Waals surface area contributed by atoms with Crippen LogP contribution in [-0.4, -0.2) is 127 Å². The highest BCUT2D eigenvalue weighted by Gasteiger charge is 2.61. The Balaban J connectivity index is 1.34. The predicted octanol–water partition coefficient (Wildman–Crippen LogP) is 22.0. The number of hydrogen-bond donors (Lipinski definition) is 2. The van der Waals surface area contributed by atoms with Crippen molar-refractivity contribution in [2.45, 2.75) is 418 Å². The monoisotopic (exact) mass is 1380 g/mol. The third kappa shape index (κ3) is 16.5. The first-order valence-electron chi connectivity index (χ1n) is 40.4. The van der Waals surface area contributed by atoms with E-state index in [1.807, 2.05) is 0 Å². The van der Waals surface area contributed by atoms with Crippen LogP contribution in [0.5, 0.6) is 11.5 Å². The molecule has 0 saturated carbocycles. The van der Waals surface area contributed by atoms with Gasteiger partial charge in [0, 0.05) is 77.4 Å². The molecule has 2 N–H and O–H groups in total. The van der Waals surface area contributed by atoms with Crippen molar-refractivity contribution in [3.63, 3.8) is 0 Å². The first kappa shape index (κ1) is 84.8. The number of unbranched alkanes of at least 4 members (excludes halogenated alkanes) is 2. The van der Waals surface area contributed by atoms with Gasteiger partial charge in [0.15, 0.2) is 0 Å². The summed E-state index contributed by atoms with van der Waals surface area (Å²) in [5.41, 5.74) is 5.16. The van der Waals surface area contributed by atoms with Crippen LogP contribution in [0.15, 0.2) is 24.3 Å². The lowest BCUT2D eigenvalue weighted by atomic mass is 9.49. The van der Waals surface area contributed by atoms with E-state index in [2.05, 4.69) is 266 Å². The van der Waals surface area contributed by atoms with E-state index in [0.29, 0.717) is 48.0 Å². The van der Waals surface area contributed by atoms with Crippen molar-refractivity contribution < 1.29 is 29.3 Å². The van der Waals surface area contributed by atoms with Gasteiger partial charge in [-0.05, 0) is 337 Å². The fourth-order valence-electron chi connectivity index (χ4n) is 21.5. The minimum Gasteiger partial charge on any atom is -0.507 e. The Morgan fingerprint density at radius 2 is 0.545 bits per heavy atom. The summed E-state index contributed by atoms with van der Waals surface area (Å²) in [5, 5.41) is 25.7. The van der Waals surface area contributed by atoms with Crippen molar-refractivity contribution in [3.8, 4) is 11.5 Å². The highest BCUT2D eigenvalue weighted by atomic mass is 16.6. The summed E-state index contributed by atoms with van der Waals surface area (Å²) in [6, 6.07) is 10.0. The SMILES string of the molecule is CCC(C)(CC)c1cc(C(CCCCOC(=O)CC(=O)OCCCCC(c2cc(C(C)(CC)CC)c(O)c(C(C)(CC)CC)c2)(C2CC(C)(C)N(C)C(C)(C)C2)C2CC(C)(C)N(C)C(C)(C)C2)(C2CC(C)(C)N(C)C(C)(C)C2)C2CC(C)(C)N(C)C(C)(C)C2)cc(C(C)(CC)CC)c1O. The standard InChI is InChI=1S/C89H156N4O6/c1-33-84(25,34-2)68-49-62(50-69(74(68)96)85(26,35-3)36-4)88(64-54-76(9,10)90(29)77(11,12)55-64,65-56-78(13,14)91(30)79(15,16)57-65)45-41-43-47-98-72(94)53-73(95)99-48-44-42-46-89(66-58-80(17,18)92(31)81(19,20)59-66,67-60-82(21,22)93(32)83(23,24)61-67)63-51-70(86(27,37-5)38-6)75(97)71(52-63)87(28,39-7)40-8/h49-52,64-67,96-97H,33-48,53-61H2,1-32H3. The quantitative estimate of drug-likeness (QED) is 0.0446. The molecule has 568 valence electrons. The van der Waals surface area contributed by atoms with Gasteiger partial charge in [0.25, 0.3) is 0 Å². The molecule has 0 radical (unpaired) electrons. The molecule has 0 aliphatic carbocycles. The summed E-state index contributed by atoms with van der Waals surface area (Å²) in [6.07, 6.45) is 20.2. The summed E-state index contributed by atoms with van der Waals surface area (Å²) >= 11 is 0. The number of carbonyl (C=O) groups excluding carboxylic acids is 2. The number of hydrogen-bond acceptors (Lipinski definition) is 10. The molecule has 4 aliphatic heterocycles. The van der Waals surface area contributed by atoms with E-state index in [1.54, 1.807) is 0 Å². The van der Waals surface area contributed by atoms with Crippen molar-refractivity contribution >= 4 is 11.9 Å². The number of nitrogens with zero attached hydrogens (tertiary/aromatic N) is 4. The smallest absolute Gasteiger partial charge is 0.317 e. The largest absolute Gasteiger partial charge is 0.507 e. The molecule has 0 aromatic heterocycles. The molecule has 2 aromatic rings. The fourth-order valence-corrected chi connectivity index (χ4v) is 21.5. The summed E-state index contributed by atoms with van der Waals surface area (Å²) in [5.74, 6) is 1.22. The number of ether oxygens (including phenoxy) is 2. The molecule has 0 unspecified atom stereocenters. The highest BCUT2D eigenvalue weighted by molar-refractivity contribution is 5.91. The molecular formula is C89H156N4O6. The second kappa shape index (κ2) is 30.4. The first-order valence-corrected chi connectivity index (χ1v) is 40.4. The number of rotatable bonds is 30. The molecule has 6 rings (SSSR count). The van der Waals surface area contributed by atoms with Crippen molar-refractivity contribution in [1.29, 1.82) is 0 Å². The molecule has 4 fully saturated rings. The summed E-state index contributed by atoms with van der Waals surface area (Å²) in [6.45, 7) is 67.6.